The third-order valence-corrected chi connectivity index (χ3v) is 8.13. The highest BCUT2D eigenvalue weighted by molar-refractivity contribution is 5.54. The average molecular weight is 475 g/mol. The minimum Gasteiger partial charge on any atom is -0.388 e. The van der Waals surface area contributed by atoms with Crippen LogP contribution in [-0.2, 0) is 27.7 Å². The molecule has 2 aliphatic heterocycles. The molecule has 8 heteroatoms. The van der Waals surface area contributed by atoms with Gasteiger partial charge in [0.15, 0.2) is 0 Å². The SMILES string of the molecule is CC(C)c1nc2c(c3c1[C@H](c1ccc(C(F)(F)F)nc1)OC31CCOCC1)[C@@H](O)CC1(CC1)C2. The first kappa shape index (κ1) is 22.4. The van der Waals surface area contributed by atoms with Crippen LogP contribution in [0.5, 0.6) is 0 Å². The van der Waals surface area contributed by atoms with Crippen molar-refractivity contribution in [1.82, 2.24) is 9.97 Å². The molecule has 0 bridgehead atoms. The molecule has 2 aliphatic carbocycles. The number of pyridine rings is 2. The molecule has 0 radical (unpaired) electrons. The summed E-state index contributed by atoms with van der Waals surface area (Å²) < 4.78 is 51.9. The third kappa shape index (κ3) is 3.40. The fourth-order valence-electron chi connectivity index (χ4n) is 6.25. The highest BCUT2D eigenvalue weighted by Crippen LogP contribution is 2.62. The number of rotatable bonds is 2. The summed E-state index contributed by atoms with van der Waals surface area (Å²) in [6.07, 6.45) is 0.690. The van der Waals surface area contributed by atoms with Crippen LogP contribution in [0.3, 0.4) is 0 Å². The standard InChI is InChI=1S/C26H29F3N2O3/c1-14(2)22-20-21(19-16(31-22)11-24(5-6-24)12-17(19)32)25(7-9-33-10-8-25)34-23(20)15-3-4-18(30-13-15)26(27,28)29/h3-4,13-14,17,23,32H,5-12H2,1-2H3/t17-,23-/m0/s1. The highest BCUT2D eigenvalue weighted by Gasteiger charge is 2.55. The van der Waals surface area contributed by atoms with Gasteiger partial charge in [-0.05, 0) is 48.6 Å². The normalized spacial score (nSPS) is 26.7. The van der Waals surface area contributed by atoms with Gasteiger partial charge in [0.25, 0.3) is 0 Å². The number of aromatic nitrogens is 2. The average Bonchev–Trinajstić information content (AvgIpc) is 3.46. The van der Waals surface area contributed by atoms with Gasteiger partial charge in [-0.25, -0.2) is 0 Å². The van der Waals surface area contributed by atoms with Crippen molar-refractivity contribution in [1.29, 1.82) is 0 Å². The zero-order valence-electron chi connectivity index (χ0n) is 19.4. The van der Waals surface area contributed by atoms with Crippen molar-refractivity contribution >= 4 is 0 Å². The molecule has 1 saturated heterocycles. The molecule has 2 aromatic rings. The topological polar surface area (TPSA) is 64.5 Å². The van der Waals surface area contributed by atoms with Gasteiger partial charge < -0.3 is 14.6 Å². The second-order valence-electron chi connectivity index (χ2n) is 10.8. The number of ether oxygens (including phenoxy) is 2. The Hall–Kier alpha value is -2.03. The molecular formula is C26H29F3N2O3. The second-order valence-corrected chi connectivity index (χ2v) is 10.8. The van der Waals surface area contributed by atoms with Gasteiger partial charge in [-0.1, -0.05) is 19.9 Å². The number of hydrogen-bond acceptors (Lipinski definition) is 5. The maximum atomic E-state index is 13.1. The number of aliphatic hydroxyl groups excluding tert-OH is 1. The molecule has 4 aliphatic rings. The van der Waals surface area contributed by atoms with Crippen LogP contribution in [0.25, 0.3) is 0 Å². The van der Waals surface area contributed by atoms with Crippen molar-refractivity contribution in [2.45, 2.75) is 82.3 Å². The summed E-state index contributed by atoms with van der Waals surface area (Å²) in [6, 6.07) is 2.47. The Morgan fingerprint density at radius 3 is 2.41 bits per heavy atom. The van der Waals surface area contributed by atoms with Crippen molar-refractivity contribution in [3.05, 3.63) is 57.7 Å². The summed E-state index contributed by atoms with van der Waals surface area (Å²) in [6.45, 7) is 5.23. The van der Waals surface area contributed by atoms with E-state index >= 15 is 0 Å². The number of fused-ring (bicyclic) bond motifs is 4. The Bertz CT molecular complexity index is 1120. The van der Waals surface area contributed by atoms with Crippen LogP contribution < -0.4 is 0 Å². The molecule has 2 fully saturated rings. The van der Waals surface area contributed by atoms with E-state index in [4.69, 9.17) is 14.5 Å². The summed E-state index contributed by atoms with van der Waals surface area (Å²) in [5, 5.41) is 11.4. The number of halogens is 3. The number of hydrogen-bond donors (Lipinski definition) is 1. The van der Waals surface area contributed by atoms with E-state index < -0.39 is 29.7 Å². The summed E-state index contributed by atoms with van der Waals surface area (Å²) in [5.41, 5.74) is 3.86. The van der Waals surface area contributed by atoms with Crippen LogP contribution in [0, 0.1) is 5.41 Å². The minimum atomic E-state index is -4.50. The zero-order chi connectivity index (χ0) is 23.9. The minimum absolute atomic E-state index is 0.0942. The van der Waals surface area contributed by atoms with Crippen LogP contribution in [0.15, 0.2) is 18.3 Å². The number of nitrogens with zero attached hydrogens (tertiary/aromatic N) is 2. The van der Waals surface area contributed by atoms with Crippen molar-refractivity contribution < 1.29 is 27.8 Å². The Balaban J connectivity index is 1.56. The lowest BCUT2D eigenvalue weighted by molar-refractivity contribution is -0.141. The molecule has 5 nitrogen and oxygen atoms in total. The van der Waals surface area contributed by atoms with Crippen LogP contribution in [0.4, 0.5) is 13.2 Å². The van der Waals surface area contributed by atoms with Crippen LogP contribution in [-0.4, -0.2) is 28.3 Å². The van der Waals surface area contributed by atoms with E-state index in [1.807, 2.05) is 0 Å². The van der Waals surface area contributed by atoms with Gasteiger partial charge in [0.2, 0.25) is 0 Å². The van der Waals surface area contributed by atoms with Crippen LogP contribution in [0.2, 0.25) is 0 Å². The summed E-state index contributed by atoms with van der Waals surface area (Å²) >= 11 is 0. The molecule has 0 aromatic carbocycles. The molecule has 0 unspecified atom stereocenters. The lowest BCUT2D eigenvalue weighted by Gasteiger charge is -2.38. The molecule has 6 rings (SSSR count). The van der Waals surface area contributed by atoms with E-state index in [0.717, 1.165) is 59.8 Å². The van der Waals surface area contributed by atoms with E-state index in [9.17, 15) is 18.3 Å². The first-order chi connectivity index (χ1) is 16.1. The Morgan fingerprint density at radius 1 is 1.09 bits per heavy atom. The molecule has 1 N–H and O–H groups in total. The Labute approximate surface area is 196 Å². The van der Waals surface area contributed by atoms with Gasteiger partial charge in [0, 0.05) is 60.3 Å². The summed E-state index contributed by atoms with van der Waals surface area (Å²) in [5.74, 6) is 0.0942. The van der Waals surface area contributed by atoms with Crippen LogP contribution >= 0.6 is 0 Å². The van der Waals surface area contributed by atoms with Gasteiger partial charge in [0.1, 0.15) is 11.8 Å². The zero-order valence-corrected chi connectivity index (χ0v) is 19.4. The van der Waals surface area contributed by atoms with Crippen molar-refractivity contribution in [3.8, 4) is 0 Å². The third-order valence-electron chi connectivity index (χ3n) is 8.13. The quantitative estimate of drug-likeness (QED) is 0.622. The predicted octanol–water partition coefficient (Wildman–Crippen LogP) is 5.50. The largest absolute Gasteiger partial charge is 0.433 e. The Morgan fingerprint density at radius 2 is 1.82 bits per heavy atom. The number of alkyl halides is 3. The molecule has 182 valence electrons. The first-order valence-electron chi connectivity index (χ1n) is 12.2. The van der Waals surface area contributed by atoms with E-state index in [2.05, 4.69) is 18.8 Å². The van der Waals surface area contributed by atoms with Gasteiger partial charge in [-0.15, -0.1) is 0 Å². The van der Waals surface area contributed by atoms with Crippen molar-refractivity contribution in [3.63, 3.8) is 0 Å². The van der Waals surface area contributed by atoms with Gasteiger partial charge in [-0.3, -0.25) is 9.97 Å². The lowest BCUT2D eigenvalue weighted by atomic mass is 9.73. The van der Waals surface area contributed by atoms with Gasteiger partial charge in [0.05, 0.1) is 11.7 Å². The van der Waals surface area contributed by atoms with Crippen molar-refractivity contribution in [2.75, 3.05) is 13.2 Å². The molecule has 1 saturated carbocycles. The fraction of sp³-hybridized carbons (Fsp3) is 0.615. The van der Waals surface area contributed by atoms with E-state index in [0.29, 0.717) is 31.6 Å². The van der Waals surface area contributed by atoms with Gasteiger partial charge >= 0.3 is 6.18 Å². The van der Waals surface area contributed by atoms with Gasteiger partial charge in [-0.2, -0.15) is 13.2 Å². The molecule has 4 heterocycles. The second kappa shape index (κ2) is 7.48. The predicted molar refractivity (Wildman–Crippen MR) is 117 cm³/mol. The summed E-state index contributed by atoms with van der Waals surface area (Å²) in [4.78, 5) is 8.82. The first-order valence-corrected chi connectivity index (χ1v) is 12.2. The molecule has 0 amide bonds. The van der Waals surface area contributed by atoms with E-state index in [1.54, 1.807) is 0 Å². The van der Waals surface area contributed by atoms with Crippen molar-refractivity contribution in [2.24, 2.45) is 5.41 Å². The van der Waals surface area contributed by atoms with E-state index in [1.165, 1.54) is 12.3 Å². The molecule has 34 heavy (non-hydrogen) atoms. The van der Waals surface area contributed by atoms with Crippen LogP contribution in [0.1, 0.15) is 103 Å². The lowest BCUT2D eigenvalue weighted by Crippen LogP contribution is -2.36. The van der Waals surface area contributed by atoms with E-state index in [-0.39, 0.29) is 11.3 Å². The highest BCUT2D eigenvalue weighted by atomic mass is 19.4. The smallest absolute Gasteiger partial charge is 0.388 e. The molecular weight excluding hydrogens is 445 g/mol. The molecule has 2 atom stereocenters. The Kier molecular flexibility index (Phi) is 4.94. The fourth-order valence-corrected chi connectivity index (χ4v) is 6.25. The maximum absolute atomic E-state index is 13.1. The molecule has 2 aromatic heterocycles. The molecule has 2 spiro atoms. The maximum Gasteiger partial charge on any atom is 0.433 e. The number of aliphatic hydroxyl groups is 1. The monoisotopic (exact) mass is 474 g/mol. The summed E-state index contributed by atoms with van der Waals surface area (Å²) in [7, 11) is 0.